The number of amides is 2. The van der Waals surface area contributed by atoms with Gasteiger partial charge in [-0.05, 0) is 49.1 Å². The maximum Gasteiger partial charge on any atom is 0.243 e. The van der Waals surface area contributed by atoms with Crippen molar-refractivity contribution in [2.45, 2.75) is 68.5 Å². The van der Waals surface area contributed by atoms with Crippen LogP contribution in [0.1, 0.15) is 49.7 Å². The molecule has 0 saturated heterocycles. The number of nitrogens with zero attached hydrogens (tertiary/aromatic N) is 2. The Balaban J connectivity index is 1.58. The highest BCUT2D eigenvalue weighted by atomic mass is 35.5. The fraction of sp³-hybridized carbons (Fsp3) is 0.375. The second kappa shape index (κ2) is 15.0. The smallest absolute Gasteiger partial charge is 0.243 e. The molecule has 10 heteroatoms. The monoisotopic (exact) mass is 629 g/mol. The quantitative estimate of drug-likeness (QED) is 0.248. The Morgan fingerprint density at radius 1 is 0.905 bits per heavy atom. The van der Waals surface area contributed by atoms with E-state index in [4.69, 9.17) is 23.2 Å². The lowest BCUT2D eigenvalue weighted by Crippen LogP contribution is -2.52. The van der Waals surface area contributed by atoms with E-state index in [9.17, 15) is 18.0 Å². The number of carbonyl (C=O) groups is 2. The molecule has 3 aromatic carbocycles. The molecule has 1 aliphatic rings. The highest BCUT2D eigenvalue weighted by Gasteiger charge is 2.33. The highest BCUT2D eigenvalue weighted by molar-refractivity contribution is 7.89. The lowest BCUT2D eigenvalue weighted by molar-refractivity contribution is -0.141. The zero-order chi connectivity index (χ0) is 30.1. The first-order valence-corrected chi connectivity index (χ1v) is 16.4. The second-order valence-electron chi connectivity index (χ2n) is 10.7. The summed E-state index contributed by atoms with van der Waals surface area (Å²) in [6.45, 7) is 0.187. The minimum Gasteiger partial charge on any atom is -0.352 e. The lowest BCUT2D eigenvalue weighted by Gasteiger charge is -2.33. The number of rotatable bonds is 13. The fourth-order valence-corrected chi connectivity index (χ4v) is 7.01. The van der Waals surface area contributed by atoms with Crippen LogP contribution in [0.5, 0.6) is 0 Å². The molecular formula is C32H37Cl2N3O4S. The van der Waals surface area contributed by atoms with Crippen LogP contribution in [0.2, 0.25) is 10.0 Å². The molecule has 0 spiro atoms. The molecule has 224 valence electrons. The van der Waals surface area contributed by atoms with E-state index >= 15 is 0 Å². The average Bonchev–Trinajstić information content (AvgIpc) is 3.50. The van der Waals surface area contributed by atoms with Gasteiger partial charge in [-0.25, -0.2) is 12.7 Å². The third-order valence-corrected chi connectivity index (χ3v) is 10.3. The van der Waals surface area contributed by atoms with E-state index < -0.39 is 16.1 Å². The van der Waals surface area contributed by atoms with Gasteiger partial charge in [0, 0.05) is 54.6 Å². The second-order valence-corrected chi connectivity index (χ2v) is 13.5. The zero-order valence-corrected chi connectivity index (χ0v) is 26.0. The maximum absolute atomic E-state index is 13.9. The molecule has 2 amide bonds. The van der Waals surface area contributed by atoms with Gasteiger partial charge in [-0.2, -0.15) is 0 Å². The van der Waals surface area contributed by atoms with Gasteiger partial charge in [0.2, 0.25) is 21.8 Å². The molecule has 42 heavy (non-hydrogen) atoms. The third kappa shape index (κ3) is 8.34. The summed E-state index contributed by atoms with van der Waals surface area (Å²) in [4.78, 5) is 29.5. The largest absolute Gasteiger partial charge is 0.352 e. The van der Waals surface area contributed by atoms with Crippen LogP contribution in [0.15, 0.2) is 83.8 Å². The van der Waals surface area contributed by atoms with Gasteiger partial charge in [-0.1, -0.05) is 90.6 Å². The summed E-state index contributed by atoms with van der Waals surface area (Å²) in [6.07, 6.45) is 4.58. The van der Waals surface area contributed by atoms with Crippen LogP contribution in [0.25, 0.3) is 0 Å². The summed E-state index contributed by atoms with van der Waals surface area (Å²) >= 11 is 13.0. The molecule has 4 rings (SSSR count). The Labute approximate surface area is 258 Å². The third-order valence-electron chi connectivity index (χ3n) is 7.68. The van der Waals surface area contributed by atoms with Crippen molar-refractivity contribution >= 4 is 45.0 Å². The van der Waals surface area contributed by atoms with Crippen LogP contribution >= 0.6 is 23.2 Å². The van der Waals surface area contributed by atoms with E-state index in [1.54, 1.807) is 53.4 Å². The van der Waals surface area contributed by atoms with Crippen LogP contribution in [0.4, 0.5) is 0 Å². The predicted molar refractivity (Wildman–Crippen MR) is 167 cm³/mol. The first-order chi connectivity index (χ1) is 20.2. The van der Waals surface area contributed by atoms with Gasteiger partial charge in [0.1, 0.15) is 6.04 Å². The van der Waals surface area contributed by atoms with Crippen molar-refractivity contribution in [2.24, 2.45) is 0 Å². The van der Waals surface area contributed by atoms with Crippen LogP contribution in [-0.2, 0) is 32.6 Å². The molecule has 0 unspecified atom stereocenters. The van der Waals surface area contributed by atoms with Gasteiger partial charge < -0.3 is 10.2 Å². The molecular weight excluding hydrogens is 593 g/mol. The van der Waals surface area contributed by atoms with Gasteiger partial charge in [0.25, 0.3) is 0 Å². The van der Waals surface area contributed by atoms with Gasteiger partial charge in [0.15, 0.2) is 0 Å². The van der Waals surface area contributed by atoms with E-state index in [0.717, 1.165) is 31.2 Å². The number of hydrogen-bond donors (Lipinski definition) is 1. The number of sulfonamides is 1. The number of halogens is 2. The van der Waals surface area contributed by atoms with Crippen LogP contribution in [0, 0.1) is 0 Å². The van der Waals surface area contributed by atoms with Gasteiger partial charge >= 0.3 is 0 Å². The molecule has 1 fully saturated rings. The van der Waals surface area contributed by atoms with Crippen LogP contribution < -0.4 is 5.32 Å². The Kier molecular flexibility index (Phi) is 11.4. The molecule has 7 nitrogen and oxygen atoms in total. The van der Waals surface area contributed by atoms with Crippen molar-refractivity contribution in [3.63, 3.8) is 0 Å². The standard InChI is InChI=1S/C32H37Cl2N3O4S/c1-36(42(40,41)26-16-6-3-7-17-26)21-11-20-31(38)37(23-27-28(33)18-10-19-29(27)34)30(22-24-12-4-2-5-13-24)32(39)35-25-14-8-9-15-25/h2-7,10,12-13,16-19,25,30H,8-9,11,14-15,20-23H2,1H3,(H,35,39)/t30-/m0/s1. The molecule has 0 heterocycles. The molecule has 1 atom stereocenters. The Morgan fingerprint density at radius 3 is 2.12 bits per heavy atom. The van der Waals surface area contributed by atoms with Crippen molar-refractivity contribution < 1.29 is 18.0 Å². The lowest BCUT2D eigenvalue weighted by atomic mass is 10.0. The van der Waals surface area contributed by atoms with Crippen LogP contribution in [-0.4, -0.2) is 55.1 Å². The molecule has 0 aromatic heterocycles. The van der Waals surface area contributed by atoms with E-state index in [1.807, 2.05) is 30.3 Å². The number of nitrogens with one attached hydrogen (secondary N) is 1. The minimum absolute atomic E-state index is 0.0404. The minimum atomic E-state index is -3.69. The summed E-state index contributed by atoms with van der Waals surface area (Å²) < 4.78 is 27.2. The summed E-state index contributed by atoms with van der Waals surface area (Å²) in [5.41, 5.74) is 1.48. The van der Waals surface area contributed by atoms with Crippen molar-refractivity contribution in [1.82, 2.24) is 14.5 Å². The van der Waals surface area contributed by atoms with Crippen LogP contribution in [0.3, 0.4) is 0 Å². The molecule has 1 N–H and O–H groups in total. The maximum atomic E-state index is 13.9. The van der Waals surface area contributed by atoms with E-state index in [-0.39, 0.29) is 48.7 Å². The molecule has 0 bridgehead atoms. The van der Waals surface area contributed by atoms with Crippen molar-refractivity contribution in [2.75, 3.05) is 13.6 Å². The summed E-state index contributed by atoms with van der Waals surface area (Å²) in [5.74, 6) is -0.495. The SMILES string of the molecule is CN(CCCC(=O)N(Cc1c(Cl)cccc1Cl)[C@@H](Cc1ccccc1)C(=O)NC1CCCC1)S(=O)(=O)c1ccccc1. The van der Waals surface area contributed by atoms with Crippen molar-refractivity contribution in [1.29, 1.82) is 0 Å². The molecule has 1 aliphatic carbocycles. The number of hydrogen-bond acceptors (Lipinski definition) is 4. The number of benzene rings is 3. The Morgan fingerprint density at radius 2 is 1.50 bits per heavy atom. The number of carbonyl (C=O) groups excluding carboxylic acids is 2. The first-order valence-electron chi connectivity index (χ1n) is 14.2. The molecule has 0 aliphatic heterocycles. The van der Waals surface area contributed by atoms with E-state index in [1.165, 1.54) is 11.4 Å². The molecule has 0 radical (unpaired) electrons. The van der Waals surface area contributed by atoms with E-state index in [2.05, 4.69) is 5.32 Å². The molecule has 1 saturated carbocycles. The van der Waals surface area contributed by atoms with Gasteiger partial charge in [-0.3, -0.25) is 9.59 Å². The fourth-order valence-electron chi connectivity index (χ4n) is 5.26. The predicted octanol–water partition coefficient (Wildman–Crippen LogP) is 6.09. The van der Waals surface area contributed by atoms with Crippen molar-refractivity contribution in [3.05, 3.63) is 100 Å². The average molecular weight is 631 g/mol. The first kappa shape index (κ1) is 32.0. The topological polar surface area (TPSA) is 86.8 Å². The highest BCUT2D eigenvalue weighted by Crippen LogP contribution is 2.28. The van der Waals surface area contributed by atoms with E-state index in [0.29, 0.717) is 22.0 Å². The Hall–Kier alpha value is -2.91. The summed E-state index contributed by atoms with van der Waals surface area (Å²) in [6, 6.07) is 22.2. The summed E-state index contributed by atoms with van der Waals surface area (Å²) in [5, 5.41) is 3.99. The van der Waals surface area contributed by atoms with Crippen molar-refractivity contribution in [3.8, 4) is 0 Å². The van der Waals surface area contributed by atoms with Gasteiger partial charge in [-0.15, -0.1) is 0 Å². The zero-order valence-electron chi connectivity index (χ0n) is 23.7. The Bertz CT molecular complexity index is 1430. The summed E-state index contributed by atoms with van der Waals surface area (Å²) in [7, 11) is -2.19. The molecule has 3 aromatic rings. The normalized spacial score (nSPS) is 14.6. The van der Waals surface area contributed by atoms with Gasteiger partial charge in [0.05, 0.1) is 4.90 Å².